The van der Waals surface area contributed by atoms with Gasteiger partial charge in [-0.15, -0.1) is 12.4 Å². The molecule has 27 heavy (non-hydrogen) atoms. The summed E-state index contributed by atoms with van der Waals surface area (Å²) in [7, 11) is 0. The third-order valence-corrected chi connectivity index (χ3v) is 6.08. The third kappa shape index (κ3) is 20.8. The fraction of sp³-hybridized carbons (Fsp3) is 1.00. The van der Waals surface area contributed by atoms with E-state index in [-0.39, 0.29) is 12.4 Å². The summed E-state index contributed by atoms with van der Waals surface area (Å²) < 4.78 is 0. The van der Waals surface area contributed by atoms with Crippen LogP contribution in [0.15, 0.2) is 0 Å². The first-order chi connectivity index (χ1) is 12.8. The largest absolute Gasteiger partial charge is 0.327 e. The highest BCUT2D eigenvalue weighted by molar-refractivity contribution is 5.85. The Morgan fingerprint density at radius 1 is 0.444 bits per heavy atom. The number of hydrogen-bond donors (Lipinski definition) is 1. The van der Waals surface area contributed by atoms with Crippen LogP contribution in [-0.2, 0) is 0 Å². The summed E-state index contributed by atoms with van der Waals surface area (Å²) in [6, 6.07) is 0.453. The number of unbranched alkanes of at least 4 members (excludes halogenated alkanes) is 14. The molecular weight excluding hydrogens is 350 g/mol. The summed E-state index contributed by atoms with van der Waals surface area (Å²) in [5.74, 6) is 0.787. The van der Waals surface area contributed by atoms with Crippen molar-refractivity contribution in [3.8, 4) is 0 Å². The van der Waals surface area contributed by atoms with E-state index in [1.165, 1.54) is 128 Å². The molecule has 1 atom stereocenters. The Hall–Kier alpha value is 0.250. The third-order valence-electron chi connectivity index (χ3n) is 6.08. The highest BCUT2D eigenvalue weighted by Crippen LogP contribution is 2.23. The van der Waals surface area contributed by atoms with Crippen molar-refractivity contribution in [2.45, 2.75) is 155 Å². The number of nitrogens with two attached hydrogens (primary N) is 1. The van der Waals surface area contributed by atoms with E-state index in [0.29, 0.717) is 6.04 Å². The summed E-state index contributed by atoms with van der Waals surface area (Å²) in [5, 5.41) is 0. The summed E-state index contributed by atoms with van der Waals surface area (Å²) in [6.07, 6.45) is 28.0. The van der Waals surface area contributed by atoms with Crippen molar-refractivity contribution in [2.75, 3.05) is 0 Å². The van der Waals surface area contributed by atoms with Crippen molar-refractivity contribution in [3.63, 3.8) is 0 Å². The Balaban J connectivity index is 0. The van der Waals surface area contributed by atoms with E-state index in [1.54, 1.807) is 0 Å². The number of halogens is 1. The van der Waals surface area contributed by atoms with E-state index >= 15 is 0 Å². The lowest BCUT2D eigenvalue weighted by atomic mass is 9.86. The highest BCUT2D eigenvalue weighted by Gasteiger charge is 2.16. The number of rotatable bonds is 21. The van der Waals surface area contributed by atoms with Crippen LogP contribution in [0.1, 0.15) is 149 Å². The standard InChI is InChI=1S/C25H53N.ClH/c1-4-7-9-11-13-15-17-19-22-24(25(26)21-6-3)23-20-18-16-14-12-10-8-5-2;/h24-25H,4-23,26H2,1-3H3;1H. The molecule has 1 unspecified atom stereocenters. The molecule has 0 rings (SSSR count). The molecule has 0 aliphatic rings. The van der Waals surface area contributed by atoms with Crippen LogP contribution < -0.4 is 5.73 Å². The molecule has 0 saturated heterocycles. The molecule has 0 aliphatic carbocycles. The minimum absolute atomic E-state index is 0. The van der Waals surface area contributed by atoms with Crippen LogP contribution in [0.25, 0.3) is 0 Å². The molecule has 0 radical (unpaired) electrons. The van der Waals surface area contributed by atoms with Crippen LogP contribution in [-0.4, -0.2) is 6.04 Å². The first-order valence-electron chi connectivity index (χ1n) is 12.5. The van der Waals surface area contributed by atoms with Gasteiger partial charge in [-0.2, -0.15) is 0 Å². The molecule has 0 aromatic heterocycles. The second-order valence-electron chi connectivity index (χ2n) is 8.74. The van der Waals surface area contributed by atoms with Gasteiger partial charge < -0.3 is 5.73 Å². The first-order valence-corrected chi connectivity index (χ1v) is 12.5. The normalized spacial score (nSPS) is 12.3. The van der Waals surface area contributed by atoms with E-state index < -0.39 is 0 Å². The number of hydrogen-bond acceptors (Lipinski definition) is 1. The minimum atomic E-state index is 0. The maximum absolute atomic E-state index is 6.52. The van der Waals surface area contributed by atoms with Crippen LogP contribution in [0.2, 0.25) is 0 Å². The average Bonchev–Trinajstić information content (AvgIpc) is 2.64. The smallest absolute Gasteiger partial charge is 0.00670 e. The van der Waals surface area contributed by atoms with Crippen LogP contribution in [0.5, 0.6) is 0 Å². The first kappa shape index (κ1) is 29.5. The van der Waals surface area contributed by atoms with Crippen molar-refractivity contribution in [2.24, 2.45) is 11.7 Å². The molecule has 0 spiro atoms. The lowest BCUT2D eigenvalue weighted by Crippen LogP contribution is -2.30. The summed E-state index contributed by atoms with van der Waals surface area (Å²) in [4.78, 5) is 0. The predicted octanol–water partition coefficient (Wildman–Crippen LogP) is 9.21. The topological polar surface area (TPSA) is 26.0 Å². The van der Waals surface area contributed by atoms with Gasteiger partial charge in [0, 0.05) is 6.04 Å². The quantitative estimate of drug-likeness (QED) is 0.190. The summed E-state index contributed by atoms with van der Waals surface area (Å²) in [5.41, 5.74) is 6.52. The van der Waals surface area contributed by atoms with E-state index in [2.05, 4.69) is 20.8 Å². The van der Waals surface area contributed by atoms with Crippen LogP contribution in [0, 0.1) is 5.92 Å². The minimum Gasteiger partial charge on any atom is -0.327 e. The van der Waals surface area contributed by atoms with Crippen molar-refractivity contribution in [3.05, 3.63) is 0 Å². The van der Waals surface area contributed by atoms with Gasteiger partial charge >= 0.3 is 0 Å². The Labute approximate surface area is 179 Å². The fourth-order valence-corrected chi connectivity index (χ4v) is 4.22. The monoisotopic (exact) mass is 403 g/mol. The summed E-state index contributed by atoms with van der Waals surface area (Å²) >= 11 is 0. The van der Waals surface area contributed by atoms with Crippen LogP contribution in [0.3, 0.4) is 0 Å². The Bertz CT molecular complexity index is 237. The second-order valence-corrected chi connectivity index (χ2v) is 8.74. The molecule has 0 aliphatic heterocycles. The van der Waals surface area contributed by atoms with Crippen molar-refractivity contribution in [1.82, 2.24) is 0 Å². The van der Waals surface area contributed by atoms with E-state index in [9.17, 15) is 0 Å². The molecule has 0 saturated carbocycles. The second kappa shape index (κ2) is 24.3. The van der Waals surface area contributed by atoms with Crippen molar-refractivity contribution >= 4 is 12.4 Å². The van der Waals surface area contributed by atoms with Crippen molar-refractivity contribution < 1.29 is 0 Å². The Morgan fingerprint density at radius 3 is 1.11 bits per heavy atom. The zero-order valence-corrected chi connectivity index (χ0v) is 20.1. The molecule has 2 heteroatoms. The van der Waals surface area contributed by atoms with E-state index in [1.807, 2.05) is 0 Å². The predicted molar refractivity (Wildman–Crippen MR) is 128 cm³/mol. The van der Waals surface area contributed by atoms with Gasteiger partial charge in [0.15, 0.2) is 0 Å². The SMILES string of the molecule is CCCCCCCCCCC(CCCCCCCCCC)C(N)CCC.Cl. The van der Waals surface area contributed by atoms with Gasteiger partial charge in [0.1, 0.15) is 0 Å². The Morgan fingerprint density at radius 2 is 0.778 bits per heavy atom. The Kier molecular flexibility index (Phi) is 26.5. The molecule has 0 fully saturated rings. The summed E-state index contributed by atoms with van der Waals surface area (Å²) in [6.45, 7) is 6.88. The van der Waals surface area contributed by atoms with Gasteiger partial charge in [0.2, 0.25) is 0 Å². The molecule has 1 nitrogen and oxygen atoms in total. The molecule has 0 heterocycles. The average molecular weight is 404 g/mol. The van der Waals surface area contributed by atoms with Crippen LogP contribution in [0.4, 0.5) is 0 Å². The molecule has 2 N–H and O–H groups in total. The molecule has 0 amide bonds. The molecular formula is C25H54ClN. The zero-order valence-electron chi connectivity index (χ0n) is 19.3. The van der Waals surface area contributed by atoms with Gasteiger partial charge in [-0.1, -0.05) is 130 Å². The van der Waals surface area contributed by atoms with Crippen LogP contribution >= 0.6 is 12.4 Å². The van der Waals surface area contributed by atoms with Gasteiger partial charge in [0.05, 0.1) is 0 Å². The lowest BCUT2D eigenvalue weighted by Gasteiger charge is -2.24. The zero-order chi connectivity index (χ0) is 19.3. The molecule has 0 aromatic carbocycles. The van der Waals surface area contributed by atoms with Crippen molar-refractivity contribution in [1.29, 1.82) is 0 Å². The lowest BCUT2D eigenvalue weighted by molar-refractivity contribution is 0.326. The van der Waals surface area contributed by atoms with Gasteiger partial charge in [-0.3, -0.25) is 0 Å². The molecule has 0 bridgehead atoms. The van der Waals surface area contributed by atoms with E-state index in [4.69, 9.17) is 5.73 Å². The molecule has 166 valence electrons. The maximum atomic E-state index is 6.52. The van der Waals surface area contributed by atoms with Gasteiger partial charge in [0.25, 0.3) is 0 Å². The molecule has 0 aromatic rings. The van der Waals surface area contributed by atoms with E-state index in [0.717, 1.165) is 5.92 Å². The van der Waals surface area contributed by atoms with Gasteiger partial charge in [-0.25, -0.2) is 0 Å². The van der Waals surface area contributed by atoms with Gasteiger partial charge in [-0.05, 0) is 25.2 Å². The highest BCUT2D eigenvalue weighted by atomic mass is 35.5. The maximum Gasteiger partial charge on any atom is 0.00670 e. The fourth-order valence-electron chi connectivity index (χ4n) is 4.22.